The first-order valence-corrected chi connectivity index (χ1v) is 6.76. The van der Waals surface area contributed by atoms with Gasteiger partial charge in [-0.25, -0.2) is 9.97 Å². The Morgan fingerprint density at radius 1 is 1.28 bits per heavy atom. The lowest BCUT2D eigenvalue weighted by atomic mass is 10.3. The second-order valence-corrected chi connectivity index (χ2v) is 5.48. The highest BCUT2D eigenvalue weighted by atomic mass is 79.9. The minimum atomic E-state index is 0.473. The maximum atomic E-state index is 4.36. The van der Waals surface area contributed by atoms with E-state index in [9.17, 15) is 0 Å². The van der Waals surface area contributed by atoms with Crippen LogP contribution in [-0.2, 0) is 6.54 Å². The smallest absolute Gasteiger partial charge is 0.115 e. The Bertz CT molecular complexity index is 512. The average molecular weight is 308 g/mol. The summed E-state index contributed by atoms with van der Waals surface area (Å²) in [4.78, 5) is 10.5. The molecule has 0 aromatic carbocycles. The highest BCUT2D eigenvalue weighted by Gasteiger charge is 2.24. The van der Waals surface area contributed by atoms with Gasteiger partial charge in [0, 0.05) is 43.8 Å². The summed E-state index contributed by atoms with van der Waals surface area (Å²) in [5, 5.41) is 4.36. The molecular weight excluding hydrogens is 294 g/mol. The monoisotopic (exact) mass is 307 g/mol. The number of hydrogen-bond acceptors (Lipinski definition) is 4. The van der Waals surface area contributed by atoms with E-state index in [2.05, 4.69) is 35.9 Å². The van der Waals surface area contributed by atoms with Gasteiger partial charge < -0.3 is 0 Å². The van der Waals surface area contributed by atoms with Crippen molar-refractivity contribution in [1.29, 1.82) is 0 Å². The molecule has 2 aromatic heterocycles. The molecule has 1 aliphatic rings. The zero-order valence-electron chi connectivity index (χ0n) is 9.91. The molecule has 18 heavy (non-hydrogen) atoms. The number of likely N-dealkylation sites (tertiary alicyclic amines) is 1. The van der Waals surface area contributed by atoms with Crippen molar-refractivity contribution in [3.63, 3.8) is 0 Å². The molecule has 1 saturated heterocycles. The molecule has 0 amide bonds. The molecule has 0 aliphatic carbocycles. The minimum absolute atomic E-state index is 0.473. The van der Waals surface area contributed by atoms with Crippen molar-refractivity contribution in [3.8, 4) is 0 Å². The van der Waals surface area contributed by atoms with Gasteiger partial charge in [-0.15, -0.1) is 0 Å². The number of rotatable bonds is 3. The highest BCUT2D eigenvalue weighted by Crippen LogP contribution is 2.23. The van der Waals surface area contributed by atoms with E-state index in [4.69, 9.17) is 0 Å². The third kappa shape index (κ3) is 2.59. The van der Waals surface area contributed by atoms with Crippen LogP contribution in [0.1, 0.15) is 18.0 Å². The Labute approximate surface area is 114 Å². The summed E-state index contributed by atoms with van der Waals surface area (Å²) in [6, 6.07) is 0.473. The van der Waals surface area contributed by atoms with Crippen molar-refractivity contribution in [2.24, 2.45) is 0 Å². The van der Waals surface area contributed by atoms with Crippen molar-refractivity contribution < 1.29 is 0 Å². The number of hydrogen-bond donors (Lipinski definition) is 0. The van der Waals surface area contributed by atoms with E-state index in [0.717, 1.165) is 30.5 Å². The number of nitrogens with zero attached hydrogens (tertiary/aromatic N) is 5. The molecule has 0 N–H and O–H groups in total. The topological polar surface area (TPSA) is 46.8 Å². The number of aromatic nitrogens is 4. The van der Waals surface area contributed by atoms with Gasteiger partial charge in [-0.1, -0.05) is 0 Å². The van der Waals surface area contributed by atoms with E-state index >= 15 is 0 Å². The fraction of sp³-hybridized carbons (Fsp3) is 0.417. The van der Waals surface area contributed by atoms with E-state index in [0.29, 0.717) is 6.04 Å². The lowest BCUT2D eigenvalue weighted by molar-refractivity contribution is 0.311. The number of halogens is 1. The van der Waals surface area contributed by atoms with Crippen LogP contribution in [0.3, 0.4) is 0 Å². The van der Waals surface area contributed by atoms with E-state index in [1.807, 2.05) is 29.5 Å². The van der Waals surface area contributed by atoms with Gasteiger partial charge in [0.05, 0.1) is 16.7 Å². The van der Waals surface area contributed by atoms with Crippen LogP contribution >= 0.6 is 15.9 Å². The Kier molecular flexibility index (Phi) is 3.38. The fourth-order valence-electron chi connectivity index (χ4n) is 2.36. The highest BCUT2D eigenvalue weighted by molar-refractivity contribution is 9.10. The molecule has 2 aromatic rings. The normalized spacial score (nSPS) is 20.4. The Hall–Kier alpha value is -1.27. The summed E-state index contributed by atoms with van der Waals surface area (Å²) in [5.74, 6) is 0. The van der Waals surface area contributed by atoms with Crippen molar-refractivity contribution in [2.75, 3.05) is 13.1 Å². The first-order chi connectivity index (χ1) is 8.81. The molecule has 1 aliphatic heterocycles. The molecule has 1 atom stereocenters. The Balaban J connectivity index is 1.62. The zero-order valence-corrected chi connectivity index (χ0v) is 11.5. The second-order valence-electron chi connectivity index (χ2n) is 4.56. The molecule has 3 heterocycles. The van der Waals surface area contributed by atoms with Crippen LogP contribution in [0.25, 0.3) is 0 Å². The molecule has 0 radical (unpaired) electrons. The predicted octanol–water partition coefficient (Wildman–Crippen LogP) is 1.88. The third-order valence-electron chi connectivity index (χ3n) is 3.21. The molecule has 6 heteroatoms. The minimum Gasteiger partial charge on any atom is -0.297 e. The molecule has 3 rings (SSSR count). The van der Waals surface area contributed by atoms with E-state index in [1.54, 1.807) is 6.33 Å². The first-order valence-electron chi connectivity index (χ1n) is 5.97. The Morgan fingerprint density at radius 2 is 2.11 bits per heavy atom. The molecular formula is C12H14BrN5. The predicted molar refractivity (Wildman–Crippen MR) is 70.9 cm³/mol. The van der Waals surface area contributed by atoms with Crippen molar-refractivity contribution in [1.82, 2.24) is 24.6 Å². The summed E-state index contributed by atoms with van der Waals surface area (Å²) in [5.41, 5.74) is 1.17. The van der Waals surface area contributed by atoms with E-state index < -0.39 is 0 Å². The average Bonchev–Trinajstić information content (AvgIpc) is 2.99. The Morgan fingerprint density at radius 3 is 2.83 bits per heavy atom. The zero-order chi connectivity index (χ0) is 12.4. The van der Waals surface area contributed by atoms with Gasteiger partial charge in [-0.3, -0.25) is 9.58 Å². The second kappa shape index (κ2) is 5.16. The molecule has 0 spiro atoms. The van der Waals surface area contributed by atoms with E-state index in [1.165, 1.54) is 5.56 Å². The van der Waals surface area contributed by atoms with Gasteiger partial charge >= 0.3 is 0 Å². The van der Waals surface area contributed by atoms with Gasteiger partial charge in [0.2, 0.25) is 0 Å². The van der Waals surface area contributed by atoms with Crippen LogP contribution in [0, 0.1) is 0 Å². The lowest BCUT2D eigenvalue weighted by Gasteiger charge is -2.15. The maximum Gasteiger partial charge on any atom is 0.115 e. The fourth-order valence-corrected chi connectivity index (χ4v) is 2.66. The van der Waals surface area contributed by atoms with Gasteiger partial charge in [-0.2, -0.15) is 5.10 Å². The summed E-state index contributed by atoms with van der Waals surface area (Å²) in [6.45, 7) is 3.04. The molecule has 0 bridgehead atoms. The summed E-state index contributed by atoms with van der Waals surface area (Å²) in [7, 11) is 0. The maximum absolute atomic E-state index is 4.36. The van der Waals surface area contributed by atoms with Crippen LogP contribution in [0.5, 0.6) is 0 Å². The van der Waals surface area contributed by atoms with E-state index in [-0.39, 0.29) is 0 Å². The molecule has 0 saturated carbocycles. The van der Waals surface area contributed by atoms with Gasteiger partial charge in [-0.05, 0) is 22.4 Å². The third-order valence-corrected chi connectivity index (χ3v) is 3.62. The largest absolute Gasteiger partial charge is 0.297 e. The summed E-state index contributed by atoms with van der Waals surface area (Å²) < 4.78 is 3.09. The lowest BCUT2D eigenvalue weighted by Crippen LogP contribution is -2.21. The van der Waals surface area contributed by atoms with Crippen LogP contribution in [0.4, 0.5) is 0 Å². The van der Waals surface area contributed by atoms with Crippen molar-refractivity contribution in [2.45, 2.75) is 19.0 Å². The first kappa shape index (κ1) is 11.8. The molecule has 1 unspecified atom stereocenters. The molecule has 1 fully saturated rings. The summed E-state index contributed by atoms with van der Waals surface area (Å²) >= 11 is 3.43. The molecule has 94 valence electrons. The molecule has 5 nitrogen and oxygen atoms in total. The summed E-state index contributed by atoms with van der Waals surface area (Å²) in [6.07, 6.45) is 10.3. The van der Waals surface area contributed by atoms with Crippen LogP contribution in [-0.4, -0.2) is 37.7 Å². The van der Waals surface area contributed by atoms with Crippen molar-refractivity contribution in [3.05, 3.63) is 41.2 Å². The van der Waals surface area contributed by atoms with Gasteiger partial charge in [0.25, 0.3) is 0 Å². The van der Waals surface area contributed by atoms with Gasteiger partial charge in [0.1, 0.15) is 6.33 Å². The van der Waals surface area contributed by atoms with Crippen LogP contribution in [0.15, 0.2) is 35.6 Å². The van der Waals surface area contributed by atoms with Crippen LogP contribution < -0.4 is 0 Å². The quantitative estimate of drug-likeness (QED) is 0.868. The standard InChI is InChI=1S/C12H14BrN5/c13-11-5-16-18(7-11)12-1-2-17(8-12)6-10-3-14-9-15-4-10/h3-5,7,9,12H,1-2,6,8H2. The SMILES string of the molecule is Brc1cnn(C2CCN(Cc3cncnc3)C2)c1. The van der Waals surface area contributed by atoms with Crippen LogP contribution in [0.2, 0.25) is 0 Å². The van der Waals surface area contributed by atoms with Crippen molar-refractivity contribution >= 4 is 15.9 Å². The van der Waals surface area contributed by atoms with Gasteiger partial charge in [0.15, 0.2) is 0 Å².